The maximum Gasteiger partial charge on any atom is 0.312 e. The molecule has 110 valence electrons. The predicted octanol–water partition coefficient (Wildman–Crippen LogP) is 1.68. The molecular formula is C10H12BrN3O4S2. The van der Waals surface area contributed by atoms with Gasteiger partial charge in [-0.25, -0.2) is 13.4 Å². The van der Waals surface area contributed by atoms with Crippen molar-refractivity contribution in [2.24, 2.45) is 0 Å². The van der Waals surface area contributed by atoms with E-state index in [1.807, 2.05) is 0 Å². The van der Waals surface area contributed by atoms with Crippen molar-refractivity contribution in [1.29, 1.82) is 0 Å². The van der Waals surface area contributed by atoms with E-state index in [1.54, 1.807) is 0 Å². The zero-order chi connectivity index (χ0) is 14.9. The lowest BCUT2D eigenvalue weighted by Gasteiger charge is -2.34. The monoisotopic (exact) mass is 381 g/mol. The summed E-state index contributed by atoms with van der Waals surface area (Å²) in [6.45, 7) is 0.415. The summed E-state index contributed by atoms with van der Waals surface area (Å²) in [5.41, 5.74) is -0.195. The number of hydrogen-bond acceptors (Lipinski definition) is 7. The summed E-state index contributed by atoms with van der Waals surface area (Å²) >= 11 is 4.65. The SMILES string of the molecule is CS(=O)(=O)C1CSCCN1c1ncc(Br)cc1[N+](=O)[O-]. The van der Waals surface area contributed by atoms with E-state index >= 15 is 0 Å². The number of nitro groups is 1. The second-order valence-electron chi connectivity index (χ2n) is 4.31. The van der Waals surface area contributed by atoms with E-state index < -0.39 is 20.1 Å². The summed E-state index contributed by atoms with van der Waals surface area (Å²) in [5.74, 6) is 1.20. The number of rotatable bonds is 3. The molecule has 2 heterocycles. The first-order valence-electron chi connectivity index (χ1n) is 5.64. The molecule has 0 saturated carbocycles. The molecule has 2 rings (SSSR count). The first kappa shape index (κ1) is 15.5. The van der Waals surface area contributed by atoms with Crippen molar-refractivity contribution in [2.45, 2.75) is 5.37 Å². The molecule has 1 atom stereocenters. The van der Waals surface area contributed by atoms with Crippen molar-refractivity contribution in [3.63, 3.8) is 0 Å². The zero-order valence-electron chi connectivity index (χ0n) is 10.5. The van der Waals surface area contributed by atoms with E-state index in [-0.39, 0.29) is 11.5 Å². The highest BCUT2D eigenvalue weighted by atomic mass is 79.9. The standard InChI is InChI=1S/C10H12BrN3O4S2/c1-20(17,18)9-6-19-3-2-13(9)10-8(14(15)16)4-7(11)5-12-10/h4-5,9H,2-3,6H2,1H3. The van der Waals surface area contributed by atoms with Gasteiger partial charge in [-0.2, -0.15) is 11.8 Å². The van der Waals surface area contributed by atoms with Gasteiger partial charge in [0.25, 0.3) is 0 Å². The molecule has 1 saturated heterocycles. The average Bonchev–Trinajstić information content (AvgIpc) is 2.37. The first-order valence-corrected chi connectivity index (χ1v) is 9.54. The number of pyridine rings is 1. The van der Waals surface area contributed by atoms with Gasteiger partial charge in [-0.05, 0) is 15.9 Å². The summed E-state index contributed by atoms with van der Waals surface area (Å²) < 4.78 is 24.2. The Kier molecular flexibility index (Phi) is 4.55. The molecule has 1 aromatic heterocycles. The topological polar surface area (TPSA) is 93.4 Å². The average molecular weight is 382 g/mol. The lowest BCUT2D eigenvalue weighted by Crippen LogP contribution is -2.47. The maximum atomic E-state index is 11.9. The highest BCUT2D eigenvalue weighted by Gasteiger charge is 2.35. The van der Waals surface area contributed by atoms with Crippen LogP contribution in [0.25, 0.3) is 0 Å². The number of anilines is 1. The van der Waals surface area contributed by atoms with Crippen LogP contribution >= 0.6 is 27.7 Å². The summed E-state index contributed by atoms with van der Waals surface area (Å²) in [6, 6.07) is 1.34. The molecule has 0 radical (unpaired) electrons. The Bertz CT molecular complexity index is 637. The van der Waals surface area contributed by atoms with E-state index in [9.17, 15) is 18.5 Å². The van der Waals surface area contributed by atoms with Crippen LogP contribution in [0, 0.1) is 10.1 Å². The molecule has 0 N–H and O–H groups in total. The lowest BCUT2D eigenvalue weighted by molar-refractivity contribution is -0.384. The van der Waals surface area contributed by atoms with Gasteiger partial charge in [0.05, 0.1) is 4.92 Å². The number of nitrogens with zero attached hydrogens (tertiary/aromatic N) is 3. The van der Waals surface area contributed by atoms with Gasteiger partial charge in [-0.1, -0.05) is 0 Å². The third kappa shape index (κ3) is 3.23. The number of halogens is 1. The Labute approximate surface area is 128 Å². The molecule has 0 aliphatic carbocycles. The van der Waals surface area contributed by atoms with Crippen molar-refractivity contribution in [3.8, 4) is 0 Å². The van der Waals surface area contributed by atoms with Crippen molar-refractivity contribution < 1.29 is 13.3 Å². The van der Waals surface area contributed by atoms with Gasteiger partial charge in [-0.15, -0.1) is 0 Å². The summed E-state index contributed by atoms with van der Waals surface area (Å²) in [5, 5.41) is 10.4. The molecule has 20 heavy (non-hydrogen) atoms. The molecular weight excluding hydrogens is 370 g/mol. The van der Waals surface area contributed by atoms with Crippen LogP contribution in [-0.4, -0.2) is 48.0 Å². The third-order valence-corrected chi connectivity index (χ3v) is 5.94. The number of sulfone groups is 1. The van der Waals surface area contributed by atoms with Crippen LogP contribution in [0.15, 0.2) is 16.7 Å². The Hall–Kier alpha value is -0.870. The van der Waals surface area contributed by atoms with E-state index in [4.69, 9.17) is 0 Å². The Morgan fingerprint density at radius 2 is 2.30 bits per heavy atom. The minimum absolute atomic E-state index is 0.105. The molecule has 10 heteroatoms. The first-order chi connectivity index (χ1) is 9.30. The summed E-state index contributed by atoms with van der Waals surface area (Å²) in [4.78, 5) is 16.1. The van der Waals surface area contributed by atoms with Crippen LogP contribution in [0.1, 0.15) is 0 Å². The maximum absolute atomic E-state index is 11.9. The van der Waals surface area contributed by atoms with Crippen LogP contribution in [0.2, 0.25) is 0 Å². The smallest absolute Gasteiger partial charge is 0.312 e. The Morgan fingerprint density at radius 1 is 1.60 bits per heavy atom. The van der Waals surface area contributed by atoms with Gasteiger partial charge in [0.2, 0.25) is 5.82 Å². The van der Waals surface area contributed by atoms with Gasteiger partial charge in [0.15, 0.2) is 9.84 Å². The van der Waals surface area contributed by atoms with Gasteiger partial charge < -0.3 is 4.90 Å². The van der Waals surface area contributed by atoms with E-state index in [2.05, 4.69) is 20.9 Å². The van der Waals surface area contributed by atoms with Crippen LogP contribution in [0.5, 0.6) is 0 Å². The summed E-state index contributed by atoms with van der Waals surface area (Å²) in [7, 11) is -3.35. The van der Waals surface area contributed by atoms with Gasteiger partial charge >= 0.3 is 5.69 Å². The number of thioether (sulfide) groups is 1. The van der Waals surface area contributed by atoms with Crippen LogP contribution in [0.4, 0.5) is 11.5 Å². The van der Waals surface area contributed by atoms with E-state index in [0.717, 1.165) is 6.26 Å². The van der Waals surface area contributed by atoms with Crippen molar-refractivity contribution in [1.82, 2.24) is 4.98 Å². The molecule has 1 aliphatic rings. The molecule has 1 aromatic rings. The molecule has 0 bridgehead atoms. The Morgan fingerprint density at radius 3 is 2.90 bits per heavy atom. The van der Waals surface area contributed by atoms with Crippen molar-refractivity contribution >= 4 is 49.0 Å². The third-order valence-electron chi connectivity index (χ3n) is 2.86. The van der Waals surface area contributed by atoms with Crippen molar-refractivity contribution in [3.05, 3.63) is 26.9 Å². The summed E-state index contributed by atoms with van der Waals surface area (Å²) in [6.07, 6.45) is 2.57. The van der Waals surface area contributed by atoms with Crippen LogP contribution in [-0.2, 0) is 9.84 Å². The van der Waals surface area contributed by atoms with Crippen molar-refractivity contribution in [2.75, 3.05) is 29.2 Å². The fraction of sp³-hybridized carbons (Fsp3) is 0.500. The number of hydrogen-bond donors (Lipinski definition) is 0. The second kappa shape index (κ2) is 5.86. The van der Waals surface area contributed by atoms with Crippen LogP contribution in [0.3, 0.4) is 0 Å². The molecule has 0 amide bonds. The molecule has 1 unspecified atom stereocenters. The minimum atomic E-state index is -3.35. The van der Waals surface area contributed by atoms with E-state index in [0.29, 0.717) is 22.5 Å². The fourth-order valence-corrected chi connectivity index (χ4v) is 5.09. The van der Waals surface area contributed by atoms with Gasteiger partial charge in [0.1, 0.15) is 5.37 Å². The number of aromatic nitrogens is 1. The second-order valence-corrected chi connectivity index (χ2v) is 8.57. The predicted molar refractivity (Wildman–Crippen MR) is 81.9 cm³/mol. The van der Waals surface area contributed by atoms with E-state index in [1.165, 1.54) is 28.9 Å². The normalized spacial score (nSPS) is 19.9. The quantitative estimate of drug-likeness (QED) is 0.580. The highest BCUT2D eigenvalue weighted by molar-refractivity contribution is 9.10. The fourth-order valence-electron chi connectivity index (χ4n) is 1.96. The molecule has 7 nitrogen and oxygen atoms in total. The van der Waals surface area contributed by atoms with Gasteiger partial charge in [-0.3, -0.25) is 10.1 Å². The zero-order valence-corrected chi connectivity index (χ0v) is 13.7. The lowest BCUT2D eigenvalue weighted by atomic mass is 10.3. The van der Waals surface area contributed by atoms with Gasteiger partial charge in [0, 0.05) is 41.0 Å². The Balaban J connectivity index is 2.50. The largest absolute Gasteiger partial charge is 0.332 e. The highest BCUT2D eigenvalue weighted by Crippen LogP contribution is 2.33. The van der Waals surface area contributed by atoms with Crippen LogP contribution < -0.4 is 4.90 Å². The molecule has 0 aromatic carbocycles. The molecule has 0 spiro atoms. The molecule has 1 aliphatic heterocycles. The minimum Gasteiger partial charge on any atom is -0.332 e. The molecule has 1 fully saturated rings.